The predicted molar refractivity (Wildman–Crippen MR) is 106 cm³/mol. The average Bonchev–Trinajstić information content (AvgIpc) is 3.19. The van der Waals surface area contributed by atoms with Crippen LogP contribution in [0.3, 0.4) is 0 Å². The number of thioether (sulfide) groups is 1. The molecule has 0 fully saturated rings. The lowest BCUT2D eigenvalue weighted by molar-refractivity contribution is -0.113. The topological polar surface area (TPSA) is 99.4 Å². The molecule has 1 aromatic carbocycles. The van der Waals surface area contributed by atoms with Crippen molar-refractivity contribution in [2.75, 3.05) is 24.3 Å². The summed E-state index contributed by atoms with van der Waals surface area (Å²) in [6.45, 7) is 4.80. The van der Waals surface area contributed by atoms with Crippen LogP contribution < -0.4 is 14.8 Å². The molecule has 0 atom stereocenters. The molecule has 1 N–H and O–H groups in total. The predicted octanol–water partition coefficient (Wildman–Crippen LogP) is 3.66. The van der Waals surface area contributed by atoms with Crippen molar-refractivity contribution in [1.29, 1.82) is 0 Å². The van der Waals surface area contributed by atoms with Crippen molar-refractivity contribution < 1.29 is 18.7 Å². The highest BCUT2D eigenvalue weighted by Gasteiger charge is 2.14. The fraction of sp³-hybridized carbons (Fsp3) is 0.263. The molecular formula is C19H20N4O4S. The largest absolute Gasteiger partial charge is 0.494 e. The summed E-state index contributed by atoms with van der Waals surface area (Å²) in [5.74, 6) is 1.43. The normalized spacial score (nSPS) is 10.5. The van der Waals surface area contributed by atoms with E-state index in [0.29, 0.717) is 47.2 Å². The van der Waals surface area contributed by atoms with E-state index in [9.17, 15) is 4.79 Å². The zero-order valence-corrected chi connectivity index (χ0v) is 16.4. The lowest BCUT2D eigenvalue weighted by Crippen LogP contribution is -2.15. The maximum Gasteiger partial charge on any atom is 0.277 e. The molecule has 0 aliphatic heterocycles. The Bertz CT molecular complexity index is 917. The summed E-state index contributed by atoms with van der Waals surface area (Å²) < 4.78 is 16.6. The van der Waals surface area contributed by atoms with Crippen molar-refractivity contribution in [3.05, 3.63) is 42.6 Å². The van der Waals surface area contributed by atoms with Gasteiger partial charge in [-0.3, -0.25) is 9.78 Å². The molecule has 0 aliphatic carbocycles. The van der Waals surface area contributed by atoms with Gasteiger partial charge in [-0.15, -0.1) is 10.2 Å². The van der Waals surface area contributed by atoms with Gasteiger partial charge in [0.1, 0.15) is 17.2 Å². The fourth-order valence-electron chi connectivity index (χ4n) is 2.32. The lowest BCUT2D eigenvalue weighted by Gasteiger charge is -2.13. The summed E-state index contributed by atoms with van der Waals surface area (Å²) in [5, 5.41) is 11.0. The monoisotopic (exact) mass is 400 g/mol. The van der Waals surface area contributed by atoms with Gasteiger partial charge in [-0.25, -0.2) is 0 Å². The second kappa shape index (κ2) is 9.75. The van der Waals surface area contributed by atoms with Gasteiger partial charge >= 0.3 is 0 Å². The second-order valence-electron chi connectivity index (χ2n) is 5.45. The first-order valence-electron chi connectivity index (χ1n) is 8.76. The first-order chi connectivity index (χ1) is 13.7. The molecule has 3 aromatic rings. The SMILES string of the molecule is CCOc1ccc(OCC)c(NC(=O)CSc2nnc(-c3ccccn3)o2)c1. The zero-order valence-electron chi connectivity index (χ0n) is 15.5. The van der Waals surface area contributed by atoms with Crippen LogP contribution in [0.25, 0.3) is 11.6 Å². The number of benzene rings is 1. The van der Waals surface area contributed by atoms with E-state index in [1.165, 1.54) is 0 Å². The van der Waals surface area contributed by atoms with Gasteiger partial charge in [0.05, 0.1) is 24.7 Å². The van der Waals surface area contributed by atoms with Crippen molar-refractivity contribution in [2.24, 2.45) is 0 Å². The van der Waals surface area contributed by atoms with Crippen LogP contribution in [0.5, 0.6) is 11.5 Å². The molecular weight excluding hydrogens is 380 g/mol. The minimum Gasteiger partial charge on any atom is -0.494 e. The van der Waals surface area contributed by atoms with E-state index < -0.39 is 0 Å². The van der Waals surface area contributed by atoms with Crippen LogP contribution in [0, 0.1) is 0 Å². The number of rotatable bonds is 9. The van der Waals surface area contributed by atoms with E-state index in [0.717, 1.165) is 11.8 Å². The highest BCUT2D eigenvalue weighted by Crippen LogP contribution is 2.30. The molecule has 2 aromatic heterocycles. The molecule has 0 spiro atoms. The number of aromatic nitrogens is 3. The maximum atomic E-state index is 12.4. The van der Waals surface area contributed by atoms with Crippen LogP contribution in [-0.4, -0.2) is 40.1 Å². The summed E-state index contributed by atoms with van der Waals surface area (Å²) in [7, 11) is 0. The molecule has 9 heteroatoms. The van der Waals surface area contributed by atoms with Crippen LogP contribution >= 0.6 is 11.8 Å². The van der Waals surface area contributed by atoms with E-state index in [4.69, 9.17) is 13.9 Å². The highest BCUT2D eigenvalue weighted by molar-refractivity contribution is 7.99. The number of carbonyl (C=O) groups excluding carboxylic acids is 1. The Kier molecular flexibility index (Phi) is 6.85. The van der Waals surface area contributed by atoms with Gasteiger partial charge in [0.15, 0.2) is 0 Å². The standard InChI is InChI=1S/C19H20N4O4S/c1-3-25-13-8-9-16(26-4-2)15(11-13)21-17(24)12-28-19-23-22-18(27-19)14-7-5-6-10-20-14/h5-11H,3-4,12H2,1-2H3,(H,21,24). The number of nitrogens with zero attached hydrogens (tertiary/aromatic N) is 3. The summed E-state index contributed by atoms with van der Waals surface area (Å²) in [6, 6.07) is 10.7. The van der Waals surface area contributed by atoms with Crippen molar-refractivity contribution >= 4 is 23.4 Å². The fourth-order valence-corrected chi connectivity index (χ4v) is 2.88. The molecule has 0 bridgehead atoms. The van der Waals surface area contributed by atoms with Crippen LogP contribution in [-0.2, 0) is 4.79 Å². The van der Waals surface area contributed by atoms with Gasteiger partial charge < -0.3 is 19.2 Å². The molecule has 0 radical (unpaired) electrons. The van der Waals surface area contributed by atoms with Gasteiger partial charge in [0.25, 0.3) is 11.1 Å². The summed E-state index contributed by atoms with van der Waals surface area (Å²) >= 11 is 1.14. The van der Waals surface area contributed by atoms with Crippen molar-refractivity contribution in [3.8, 4) is 23.1 Å². The van der Waals surface area contributed by atoms with Gasteiger partial charge in [-0.05, 0) is 38.1 Å². The van der Waals surface area contributed by atoms with Gasteiger partial charge in [0, 0.05) is 12.3 Å². The first-order valence-corrected chi connectivity index (χ1v) is 9.75. The molecule has 0 saturated heterocycles. The van der Waals surface area contributed by atoms with Gasteiger partial charge in [-0.1, -0.05) is 17.8 Å². The summed E-state index contributed by atoms with van der Waals surface area (Å²) in [6.07, 6.45) is 1.64. The lowest BCUT2D eigenvalue weighted by atomic mass is 10.2. The Morgan fingerprint density at radius 1 is 1.14 bits per heavy atom. The number of hydrogen-bond acceptors (Lipinski definition) is 8. The van der Waals surface area contributed by atoms with Crippen LogP contribution in [0.2, 0.25) is 0 Å². The average molecular weight is 400 g/mol. The molecule has 1 amide bonds. The molecule has 2 heterocycles. The Hall–Kier alpha value is -3.07. The molecule has 0 unspecified atom stereocenters. The molecule has 0 saturated carbocycles. The summed E-state index contributed by atoms with van der Waals surface area (Å²) in [4.78, 5) is 16.5. The van der Waals surface area contributed by atoms with Crippen molar-refractivity contribution in [2.45, 2.75) is 19.1 Å². The minimum atomic E-state index is -0.225. The molecule has 0 aliphatic rings. The highest BCUT2D eigenvalue weighted by atomic mass is 32.2. The number of pyridine rings is 1. The molecule has 28 heavy (non-hydrogen) atoms. The molecule has 146 valence electrons. The Labute approximate surface area is 166 Å². The zero-order chi connectivity index (χ0) is 19.8. The van der Waals surface area contributed by atoms with E-state index in [-0.39, 0.29) is 11.7 Å². The quantitative estimate of drug-likeness (QED) is 0.543. The van der Waals surface area contributed by atoms with Gasteiger partial charge in [0.2, 0.25) is 5.91 Å². The molecule has 3 rings (SSSR count). The van der Waals surface area contributed by atoms with Crippen molar-refractivity contribution in [3.63, 3.8) is 0 Å². The van der Waals surface area contributed by atoms with Gasteiger partial charge in [-0.2, -0.15) is 0 Å². The number of anilines is 1. The number of hydrogen-bond donors (Lipinski definition) is 1. The smallest absolute Gasteiger partial charge is 0.277 e. The third-order valence-electron chi connectivity index (χ3n) is 3.45. The van der Waals surface area contributed by atoms with E-state index in [1.54, 1.807) is 36.5 Å². The number of nitrogens with one attached hydrogen (secondary N) is 1. The second-order valence-corrected chi connectivity index (χ2v) is 6.38. The Balaban J connectivity index is 1.61. The van der Waals surface area contributed by atoms with E-state index in [1.807, 2.05) is 19.9 Å². The maximum absolute atomic E-state index is 12.4. The molecule has 8 nitrogen and oxygen atoms in total. The third kappa shape index (κ3) is 5.23. The number of carbonyl (C=O) groups is 1. The van der Waals surface area contributed by atoms with Crippen LogP contribution in [0.4, 0.5) is 5.69 Å². The van der Waals surface area contributed by atoms with Crippen LogP contribution in [0.15, 0.2) is 52.2 Å². The Morgan fingerprint density at radius 2 is 2.00 bits per heavy atom. The van der Waals surface area contributed by atoms with Crippen LogP contribution in [0.1, 0.15) is 13.8 Å². The number of amides is 1. The minimum absolute atomic E-state index is 0.105. The van der Waals surface area contributed by atoms with Crippen molar-refractivity contribution in [1.82, 2.24) is 15.2 Å². The summed E-state index contributed by atoms with van der Waals surface area (Å²) in [5.41, 5.74) is 1.14. The number of ether oxygens (including phenoxy) is 2. The Morgan fingerprint density at radius 3 is 2.75 bits per heavy atom. The third-order valence-corrected chi connectivity index (χ3v) is 4.27. The van der Waals surface area contributed by atoms with E-state index in [2.05, 4.69) is 20.5 Å². The van der Waals surface area contributed by atoms with E-state index >= 15 is 0 Å². The first kappa shape index (κ1) is 19.7.